The fourth-order valence-corrected chi connectivity index (χ4v) is 4.02. The largest absolute Gasteiger partial charge is 0.542 e. The third-order valence-corrected chi connectivity index (χ3v) is 10.9. The maximum atomic E-state index is 12.5. The first kappa shape index (κ1) is 32.7. The van der Waals surface area contributed by atoms with Gasteiger partial charge in [-0.1, -0.05) is 54.5 Å². The number of anilines is 1. The van der Waals surface area contributed by atoms with Crippen LogP contribution in [0.4, 0.5) is 10.5 Å². The topological polar surface area (TPSA) is 108 Å². The predicted molar refractivity (Wildman–Crippen MR) is 144 cm³/mol. The van der Waals surface area contributed by atoms with Gasteiger partial charge in [0.1, 0.15) is 11.4 Å². The van der Waals surface area contributed by atoms with Gasteiger partial charge in [-0.15, -0.1) is 0 Å². The smallest absolute Gasteiger partial charge is 0.407 e. The molecule has 0 saturated carbocycles. The summed E-state index contributed by atoms with van der Waals surface area (Å²) in [4.78, 5) is 28.7. The minimum Gasteiger partial charge on any atom is -0.542 e. The molecule has 1 aromatic rings. The molecule has 0 bridgehead atoms. The summed E-state index contributed by atoms with van der Waals surface area (Å²) >= 11 is 0. The second kappa shape index (κ2) is 12.6. The molecule has 0 aliphatic rings. The van der Waals surface area contributed by atoms with E-state index in [9.17, 15) is 4.79 Å². The van der Waals surface area contributed by atoms with E-state index in [1.165, 1.54) is 0 Å². The summed E-state index contributed by atoms with van der Waals surface area (Å²) in [5.41, 5.74) is 7.73. The maximum absolute atomic E-state index is 12.5. The number of benzene rings is 1. The molecule has 1 unspecified atom stereocenters. The Labute approximate surface area is 213 Å². The predicted octanol–water partition coefficient (Wildman–Crippen LogP) is 6.58. The minimum atomic E-state index is -1.97. The molecular weight excluding hydrogens is 460 g/mol. The summed E-state index contributed by atoms with van der Waals surface area (Å²) in [5.74, 6) is 1.17. The number of carbonyl (C=O) groups excluding carboxylic acids is 3. The summed E-state index contributed by atoms with van der Waals surface area (Å²) in [6.07, 6.45) is 1.41. The normalized spacial score (nSPS) is 14.1. The lowest BCUT2D eigenvalue weighted by Gasteiger charge is -2.36. The zero-order valence-electron chi connectivity index (χ0n) is 23.9. The lowest BCUT2D eigenvalue weighted by Crippen LogP contribution is -2.44. The third kappa shape index (κ3) is 12.3. The first-order valence-corrected chi connectivity index (χ1v) is 15.1. The van der Waals surface area contributed by atoms with Crippen LogP contribution in [-0.2, 0) is 20.7 Å². The molecule has 0 radical (unpaired) electrons. The van der Waals surface area contributed by atoms with Crippen molar-refractivity contribution in [3.05, 3.63) is 23.8 Å². The van der Waals surface area contributed by atoms with Crippen LogP contribution in [0.25, 0.3) is 0 Å². The molecule has 7 nitrogen and oxygen atoms in total. The number of hydrogen-bond donors (Lipinski definition) is 2. The molecule has 0 aliphatic heterocycles. The van der Waals surface area contributed by atoms with Gasteiger partial charge in [0.15, 0.2) is 0 Å². The van der Waals surface area contributed by atoms with Crippen LogP contribution in [0.3, 0.4) is 0 Å². The first-order valence-electron chi connectivity index (χ1n) is 12.2. The van der Waals surface area contributed by atoms with Crippen LogP contribution in [-0.4, -0.2) is 32.2 Å². The maximum Gasteiger partial charge on any atom is 0.407 e. The Hall–Kier alpha value is -2.31. The molecule has 200 valence electrons. The highest BCUT2D eigenvalue weighted by molar-refractivity contribution is 6.74. The minimum absolute atomic E-state index is 0.0503. The van der Waals surface area contributed by atoms with E-state index in [4.69, 9.17) is 24.5 Å². The molecule has 1 amide bonds. The molecule has 0 spiro atoms. The number of nitrogen functional groups attached to an aromatic ring is 1. The van der Waals surface area contributed by atoms with Gasteiger partial charge in [0.05, 0.1) is 5.69 Å². The monoisotopic (exact) mass is 508 g/mol. The van der Waals surface area contributed by atoms with Crippen molar-refractivity contribution in [2.24, 2.45) is 11.3 Å². The number of carbonyl (C=O) groups is 1. The van der Waals surface area contributed by atoms with E-state index in [2.05, 4.69) is 72.9 Å². The third-order valence-electron chi connectivity index (χ3n) is 6.56. The number of alkyl carbamates (subject to hydrolysis) is 1. The van der Waals surface area contributed by atoms with Gasteiger partial charge in [-0.3, -0.25) is 0 Å². The zero-order chi connectivity index (χ0) is 27.8. The van der Waals surface area contributed by atoms with Crippen LogP contribution < -0.4 is 15.5 Å². The molecule has 2 atom stereocenters. The SMILES string of the molecule is CC(C[C@H](Cc1ccc(O[Si](C)(C)C(C)(C)C)c(N)c1)NC(=O)OC(C)(C)C)C(C)(C)C.O=C=O. The summed E-state index contributed by atoms with van der Waals surface area (Å²) in [6.45, 7) is 25.6. The van der Waals surface area contributed by atoms with Crippen LogP contribution in [0.5, 0.6) is 5.75 Å². The molecule has 0 aromatic heterocycles. The van der Waals surface area contributed by atoms with Crippen molar-refractivity contribution in [2.75, 3.05) is 5.73 Å². The summed E-state index contributed by atoms with van der Waals surface area (Å²) in [5, 5.41) is 3.19. The number of nitrogens with two attached hydrogens (primary N) is 1. The van der Waals surface area contributed by atoms with E-state index < -0.39 is 13.9 Å². The lowest BCUT2D eigenvalue weighted by atomic mass is 9.78. The fraction of sp³-hybridized carbons (Fsp3) is 0.704. The molecule has 3 N–H and O–H groups in total. The molecule has 0 heterocycles. The Morgan fingerprint density at radius 1 is 1.06 bits per heavy atom. The second-order valence-electron chi connectivity index (χ2n) is 12.9. The van der Waals surface area contributed by atoms with E-state index in [0.29, 0.717) is 18.0 Å². The van der Waals surface area contributed by atoms with E-state index in [0.717, 1.165) is 17.7 Å². The zero-order valence-corrected chi connectivity index (χ0v) is 24.9. The van der Waals surface area contributed by atoms with Gasteiger partial charge in [-0.25, -0.2) is 4.79 Å². The van der Waals surface area contributed by atoms with Crippen LogP contribution in [0.15, 0.2) is 18.2 Å². The molecule has 0 saturated heterocycles. The highest BCUT2D eigenvalue weighted by Crippen LogP contribution is 2.39. The van der Waals surface area contributed by atoms with Crippen LogP contribution >= 0.6 is 0 Å². The van der Waals surface area contributed by atoms with E-state index >= 15 is 0 Å². The van der Waals surface area contributed by atoms with Crippen molar-refractivity contribution in [1.82, 2.24) is 5.32 Å². The van der Waals surface area contributed by atoms with Crippen molar-refractivity contribution in [2.45, 2.75) is 112 Å². The summed E-state index contributed by atoms with van der Waals surface area (Å²) in [6, 6.07) is 5.96. The molecule has 1 aromatic carbocycles. The van der Waals surface area contributed by atoms with Crippen molar-refractivity contribution in [1.29, 1.82) is 0 Å². The highest BCUT2D eigenvalue weighted by Gasteiger charge is 2.39. The van der Waals surface area contributed by atoms with Crippen molar-refractivity contribution in [3.8, 4) is 5.75 Å². The lowest BCUT2D eigenvalue weighted by molar-refractivity contribution is -0.191. The Kier molecular flexibility index (Phi) is 11.8. The Morgan fingerprint density at radius 3 is 1.97 bits per heavy atom. The number of ether oxygens (including phenoxy) is 1. The van der Waals surface area contributed by atoms with Crippen LogP contribution in [0.2, 0.25) is 18.1 Å². The molecule has 35 heavy (non-hydrogen) atoms. The van der Waals surface area contributed by atoms with Gasteiger partial charge in [0.25, 0.3) is 8.32 Å². The van der Waals surface area contributed by atoms with Gasteiger partial charge >= 0.3 is 12.2 Å². The van der Waals surface area contributed by atoms with Gasteiger partial charge in [0, 0.05) is 6.04 Å². The van der Waals surface area contributed by atoms with E-state index in [1.54, 1.807) is 0 Å². The van der Waals surface area contributed by atoms with Gasteiger partial charge in [-0.2, -0.15) is 9.59 Å². The standard InChI is InChI=1S/C26H48N2O3Si.CO2/c1-18(24(2,3)4)15-20(28-23(29)30-25(5,6)7)16-19-13-14-22(21(27)17-19)31-32(11,12)26(8,9)10;2-1-3/h13-14,17-18,20H,15-16,27H2,1-12H3,(H,28,29);/t18?,20-;/m1./s1. The Morgan fingerprint density at radius 2 is 1.57 bits per heavy atom. The van der Waals surface area contributed by atoms with Gasteiger partial charge in [-0.05, 0) is 80.8 Å². The Bertz CT molecular complexity index is 858. The van der Waals surface area contributed by atoms with Gasteiger partial charge in [0.2, 0.25) is 0 Å². The Balaban J connectivity index is 0.00000365. The summed E-state index contributed by atoms with van der Waals surface area (Å²) in [7, 11) is -1.97. The molecule has 0 fully saturated rings. The fourth-order valence-electron chi connectivity index (χ4n) is 2.98. The number of hydrogen-bond acceptors (Lipinski definition) is 6. The molecule has 0 aliphatic carbocycles. The molecule has 8 heteroatoms. The average molecular weight is 509 g/mol. The van der Waals surface area contributed by atoms with Crippen LogP contribution in [0, 0.1) is 11.3 Å². The molecule has 1 rings (SSSR count). The van der Waals surface area contributed by atoms with Crippen molar-refractivity contribution < 1.29 is 23.5 Å². The summed E-state index contributed by atoms with van der Waals surface area (Å²) < 4.78 is 11.9. The highest BCUT2D eigenvalue weighted by atomic mass is 28.4. The first-order chi connectivity index (χ1) is 15.6. The number of amides is 1. The van der Waals surface area contributed by atoms with E-state index in [1.807, 2.05) is 32.9 Å². The van der Waals surface area contributed by atoms with E-state index in [-0.39, 0.29) is 28.7 Å². The van der Waals surface area contributed by atoms with Gasteiger partial charge < -0.3 is 20.2 Å². The quantitative estimate of drug-likeness (QED) is 0.318. The number of nitrogens with one attached hydrogen (secondary N) is 1. The van der Waals surface area contributed by atoms with Crippen LogP contribution in [0.1, 0.15) is 81.2 Å². The average Bonchev–Trinajstić information content (AvgIpc) is 2.61. The van der Waals surface area contributed by atoms with Crippen molar-refractivity contribution >= 4 is 26.2 Å². The van der Waals surface area contributed by atoms with Crippen molar-refractivity contribution in [3.63, 3.8) is 0 Å². The molecular formula is C27H48N2O5Si. The second-order valence-corrected chi connectivity index (χ2v) is 17.6. The number of rotatable bonds is 7.